The molecule has 3 fully saturated rings. The SMILES string of the molecule is OC1C2CCN(CC2)C1c1cc2cccc(Br)c2o1. The molecule has 2 bridgehead atoms. The summed E-state index contributed by atoms with van der Waals surface area (Å²) in [6.45, 7) is 2.15. The van der Waals surface area contributed by atoms with E-state index in [-0.39, 0.29) is 12.1 Å². The third kappa shape index (κ3) is 1.77. The van der Waals surface area contributed by atoms with Crippen molar-refractivity contribution in [3.8, 4) is 0 Å². The van der Waals surface area contributed by atoms with Crippen LogP contribution in [0.4, 0.5) is 0 Å². The summed E-state index contributed by atoms with van der Waals surface area (Å²) in [5, 5.41) is 11.6. The van der Waals surface area contributed by atoms with Crippen LogP contribution in [0.1, 0.15) is 24.6 Å². The monoisotopic (exact) mass is 321 g/mol. The van der Waals surface area contributed by atoms with Gasteiger partial charge in [-0.1, -0.05) is 12.1 Å². The van der Waals surface area contributed by atoms with Gasteiger partial charge in [-0.05, 0) is 59.9 Å². The van der Waals surface area contributed by atoms with Crippen LogP contribution >= 0.6 is 15.9 Å². The second-order valence-corrected chi connectivity index (χ2v) is 6.47. The molecule has 1 aromatic carbocycles. The highest BCUT2D eigenvalue weighted by atomic mass is 79.9. The molecule has 100 valence electrons. The highest BCUT2D eigenvalue weighted by molar-refractivity contribution is 9.10. The van der Waals surface area contributed by atoms with Gasteiger partial charge in [-0.3, -0.25) is 4.90 Å². The zero-order valence-electron chi connectivity index (χ0n) is 10.6. The van der Waals surface area contributed by atoms with Crippen LogP contribution in [0.2, 0.25) is 0 Å². The molecular formula is C15H16BrNO2. The molecule has 2 atom stereocenters. The lowest BCUT2D eigenvalue weighted by atomic mass is 9.80. The third-order valence-electron chi connectivity index (χ3n) is 4.58. The number of piperidine rings is 3. The van der Waals surface area contributed by atoms with E-state index in [4.69, 9.17) is 4.42 Å². The van der Waals surface area contributed by atoms with Gasteiger partial charge in [0.2, 0.25) is 0 Å². The number of aliphatic hydroxyl groups excluding tert-OH is 1. The topological polar surface area (TPSA) is 36.6 Å². The average Bonchev–Trinajstić information content (AvgIpc) is 2.85. The zero-order chi connectivity index (χ0) is 13.0. The predicted octanol–water partition coefficient (Wildman–Crippen LogP) is 3.32. The van der Waals surface area contributed by atoms with Crippen molar-refractivity contribution in [3.05, 3.63) is 34.5 Å². The minimum atomic E-state index is -0.290. The molecule has 4 heterocycles. The quantitative estimate of drug-likeness (QED) is 0.875. The Kier molecular flexibility index (Phi) is 2.72. The maximum Gasteiger partial charge on any atom is 0.148 e. The van der Waals surface area contributed by atoms with E-state index in [1.54, 1.807) is 0 Å². The number of furan rings is 1. The van der Waals surface area contributed by atoms with Gasteiger partial charge in [0.1, 0.15) is 11.3 Å². The number of aliphatic hydroxyl groups is 1. The number of nitrogens with zero attached hydrogens (tertiary/aromatic N) is 1. The molecule has 0 radical (unpaired) electrons. The van der Waals surface area contributed by atoms with E-state index in [9.17, 15) is 5.11 Å². The van der Waals surface area contributed by atoms with E-state index in [1.807, 2.05) is 12.1 Å². The molecular weight excluding hydrogens is 306 g/mol. The van der Waals surface area contributed by atoms with E-state index >= 15 is 0 Å². The lowest BCUT2D eigenvalue weighted by molar-refractivity contribution is -0.0804. The Bertz CT molecular complexity index is 614. The summed E-state index contributed by atoms with van der Waals surface area (Å²) in [6, 6.07) is 8.16. The highest BCUT2D eigenvalue weighted by Gasteiger charge is 2.43. The molecule has 2 unspecified atom stereocenters. The summed E-state index contributed by atoms with van der Waals surface area (Å²) >= 11 is 3.52. The summed E-state index contributed by atoms with van der Waals surface area (Å²) in [4.78, 5) is 2.36. The summed E-state index contributed by atoms with van der Waals surface area (Å²) in [7, 11) is 0. The van der Waals surface area contributed by atoms with Gasteiger partial charge in [-0.2, -0.15) is 0 Å². The first kappa shape index (κ1) is 11.9. The van der Waals surface area contributed by atoms with Crippen LogP contribution in [0.5, 0.6) is 0 Å². The Labute approximate surface area is 120 Å². The highest BCUT2D eigenvalue weighted by Crippen LogP contribution is 2.42. The molecule has 0 saturated carbocycles. The Morgan fingerprint density at radius 1 is 1.26 bits per heavy atom. The minimum absolute atomic E-state index is 0.0341. The van der Waals surface area contributed by atoms with Crippen molar-refractivity contribution < 1.29 is 9.52 Å². The van der Waals surface area contributed by atoms with Crippen LogP contribution in [0, 0.1) is 5.92 Å². The third-order valence-corrected chi connectivity index (χ3v) is 5.21. The van der Waals surface area contributed by atoms with Gasteiger partial charge >= 0.3 is 0 Å². The van der Waals surface area contributed by atoms with Gasteiger partial charge in [0.25, 0.3) is 0 Å². The summed E-state index contributed by atoms with van der Waals surface area (Å²) in [6.07, 6.45) is 1.94. The van der Waals surface area contributed by atoms with Gasteiger partial charge in [-0.15, -0.1) is 0 Å². The van der Waals surface area contributed by atoms with Crippen molar-refractivity contribution in [2.24, 2.45) is 5.92 Å². The molecule has 3 saturated heterocycles. The van der Waals surface area contributed by atoms with Crippen molar-refractivity contribution >= 4 is 26.9 Å². The van der Waals surface area contributed by atoms with E-state index in [1.165, 1.54) is 0 Å². The average molecular weight is 322 g/mol. The summed E-state index contributed by atoms with van der Waals surface area (Å²) in [5.74, 6) is 1.34. The molecule has 1 aromatic heterocycles. The van der Waals surface area contributed by atoms with Gasteiger partial charge in [0.05, 0.1) is 16.6 Å². The van der Waals surface area contributed by atoms with Crippen LogP contribution < -0.4 is 0 Å². The first-order valence-corrected chi connectivity index (χ1v) is 7.63. The normalized spacial score (nSPS) is 34.0. The van der Waals surface area contributed by atoms with Crippen LogP contribution in [-0.4, -0.2) is 29.2 Å². The van der Waals surface area contributed by atoms with Crippen LogP contribution in [0.15, 0.2) is 33.2 Å². The van der Waals surface area contributed by atoms with Crippen molar-refractivity contribution in [1.29, 1.82) is 0 Å². The van der Waals surface area contributed by atoms with Crippen LogP contribution in [0.25, 0.3) is 11.0 Å². The smallest absolute Gasteiger partial charge is 0.148 e. The van der Waals surface area contributed by atoms with E-state index in [0.29, 0.717) is 5.92 Å². The Balaban J connectivity index is 1.79. The molecule has 1 N–H and O–H groups in total. The van der Waals surface area contributed by atoms with E-state index in [2.05, 4.69) is 33.0 Å². The fourth-order valence-electron chi connectivity index (χ4n) is 3.55. The van der Waals surface area contributed by atoms with Crippen molar-refractivity contribution in [2.75, 3.05) is 13.1 Å². The largest absolute Gasteiger partial charge is 0.458 e. The van der Waals surface area contributed by atoms with E-state index < -0.39 is 0 Å². The van der Waals surface area contributed by atoms with Gasteiger partial charge in [0, 0.05) is 5.39 Å². The molecule has 19 heavy (non-hydrogen) atoms. The summed E-state index contributed by atoms with van der Waals surface area (Å²) < 4.78 is 6.99. The second-order valence-electron chi connectivity index (χ2n) is 5.62. The molecule has 3 nitrogen and oxygen atoms in total. The number of benzene rings is 1. The predicted molar refractivity (Wildman–Crippen MR) is 77.0 cm³/mol. The number of para-hydroxylation sites is 1. The maximum atomic E-state index is 10.5. The molecule has 2 aromatic rings. The fraction of sp³-hybridized carbons (Fsp3) is 0.467. The van der Waals surface area contributed by atoms with Crippen molar-refractivity contribution in [1.82, 2.24) is 4.90 Å². The first-order valence-electron chi connectivity index (χ1n) is 6.84. The van der Waals surface area contributed by atoms with E-state index in [0.717, 1.165) is 47.1 Å². The van der Waals surface area contributed by atoms with Crippen molar-refractivity contribution in [3.63, 3.8) is 0 Å². The lowest BCUT2D eigenvalue weighted by Crippen LogP contribution is -2.52. The van der Waals surface area contributed by atoms with Gasteiger partial charge < -0.3 is 9.52 Å². The Hall–Kier alpha value is -0.840. The van der Waals surface area contributed by atoms with Gasteiger partial charge in [-0.25, -0.2) is 0 Å². The molecule has 0 amide bonds. The van der Waals surface area contributed by atoms with Crippen LogP contribution in [-0.2, 0) is 0 Å². The Morgan fingerprint density at radius 3 is 2.74 bits per heavy atom. The van der Waals surface area contributed by atoms with Gasteiger partial charge in [0.15, 0.2) is 0 Å². The Morgan fingerprint density at radius 2 is 2.05 bits per heavy atom. The fourth-order valence-corrected chi connectivity index (χ4v) is 4.02. The standard InChI is InChI=1S/C15H16BrNO2/c16-11-3-1-2-10-8-12(19-15(10)11)13-14(18)9-4-6-17(13)7-5-9/h1-3,8-9,13-14,18H,4-7H2. The van der Waals surface area contributed by atoms with Crippen LogP contribution in [0.3, 0.4) is 0 Å². The maximum absolute atomic E-state index is 10.5. The second kappa shape index (κ2) is 4.33. The molecule has 3 aliphatic rings. The van der Waals surface area contributed by atoms with Crippen molar-refractivity contribution in [2.45, 2.75) is 25.0 Å². The molecule has 0 spiro atoms. The number of rotatable bonds is 1. The number of hydrogen-bond acceptors (Lipinski definition) is 3. The first-order chi connectivity index (χ1) is 9.24. The molecule has 5 rings (SSSR count). The number of hydrogen-bond donors (Lipinski definition) is 1. The molecule has 3 aliphatic heterocycles. The zero-order valence-corrected chi connectivity index (χ0v) is 12.1. The molecule has 4 heteroatoms. The molecule has 0 aliphatic carbocycles. The number of fused-ring (bicyclic) bond motifs is 4. The number of halogens is 1. The minimum Gasteiger partial charge on any atom is -0.458 e. The lowest BCUT2D eigenvalue weighted by Gasteiger charge is -2.47. The summed E-state index contributed by atoms with van der Waals surface area (Å²) in [5.41, 5.74) is 0.882.